The topological polar surface area (TPSA) is 32.7 Å². The molecule has 2 atom stereocenters. The van der Waals surface area contributed by atoms with Gasteiger partial charge in [0, 0.05) is 23.9 Å². The molecule has 1 saturated carbocycles. The lowest BCUT2D eigenvalue weighted by atomic mass is 9.68. The molecular weight excluding hydrogens is 370 g/mol. The molecule has 2 unspecified atom stereocenters. The van der Waals surface area contributed by atoms with Gasteiger partial charge in [0.15, 0.2) is 0 Å². The smallest absolute Gasteiger partial charge is 0.119 e. The van der Waals surface area contributed by atoms with Crippen molar-refractivity contribution in [2.45, 2.75) is 31.3 Å². The van der Waals surface area contributed by atoms with E-state index in [1.54, 1.807) is 7.11 Å². The van der Waals surface area contributed by atoms with Crippen molar-refractivity contribution in [3.05, 3.63) is 70.3 Å². The average molecular weight is 400 g/mol. The maximum atomic E-state index is 12.0. The van der Waals surface area contributed by atoms with Gasteiger partial charge in [-0.15, -0.1) is 0 Å². The molecule has 0 heterocycles. The van der Waals surface area contributed by atoms with Gasteiger partial charge >= 0.3 is 0 Å². The first-order valence-corrected chi connectivity index (χ1v) is 10.2. The Bertz CT molecular complexity index is 816. The molecule has 2 aromatic rings. The lowest BCUT2D eigenvalue weighted by Gasteiger charge is -2.43. The summed E-state index contributed by atoms with van der Waals surface area (Å²) in [6.45, 7) is 0.860. The normalized spacial score (nSPS) is 23.9. The number of hydrogen-bond acceptors (Lipinski definition) is 3. The second kappa shape index (κ2) is 9.13. The molecule has 0 spiro atoms. The fourth-order valence-electron chi connectivity index (χ4n) is 4.25. The number of rotatable bonds is 6. The third kappa shape index (κ3) is 4.96. The van der Waals surface area contributed by atoms with Crippen LogP contribution >= 0.6 is 11.6 Å². The molecular formula is C24H30ClNO2. The number of methoxy groups -OCH3 is 1. The Morgan fingerprint density at radius 3 is 2.64 bits per heavy atom. The van der Waals surface area contributed by atoms with Crippen molar-refractivity contribution in [1.29, 1.82) is 0 Å². The molecule has 3 nitrogen and oxygen atoms in total. The van der Waals surface area contributed by atoms with Gasteiger partial charge in [0.05, 0.1) is 12.7 Å². The van der Waals surface area contributed by atoms with Crippen LogP contribution in [-0.4, -0.2) is 43.4 Å². The summed E-state index contributed by atoms with van der Waals surface area (Å²) in [7, 11) is 5.82. The zero-order valence-corrected chi connectivity index (χ0v) is 17.7. The van der Waals surface area contributed by atoms with Crippen molar-refractivity contribution < 1.29 is 9.84 Å². The van der Waals surface area contributed by atoms with Gasteiger partial charge in [-0.05, 0) is 74.3 Å². The van der Waals surface area contributed by atoms with Crippen LogP contribution in [0, 0.1) is 5.92 Å². The first kappa shape index (κ1) is 20.9. The number of nitrogens with zero attached hydrogens (tertiary/aromatic N) is 1. The van der Waals surface area contributed by atoms with Crippen LogP contribution < -0.4 is 4.74 Å². The zero-order valence-electron chi connectivity index (χ0n) is 17.0. The fourth-order valence-corrected chi connectivity index (χ4v) is 4.37. The Balaban J connectivity index is 1.99. The highest BCUT2D eigenvalue weighted by molar-refractivity contribution is 6.30. The largest absolute Gasteiger partial charge is 0.497 e. The van der Waals surface area contributed by atoms with Gasteiger partial charge in [-0.2, -0.15) is 0 Å². The number of benzene rings is 2. The van der Waals surface area contributed by atoms with E-state index in [9.17, 15) is 5.11 Å². The van der Waals surface area contributed by atoms with Crippen molar-refractivity contribution in [1.82, 2.24) is 4.90 Å². The number of hydrogen-bond donors (Lipinski definition) is 1. The second-order valence-electron chi connectivity index (χ2n) is 8.03. The van der Waals surface area contributed by atoms with Crippen molar-refractivity contribution >= 4 is 17.7 Å². The summed E-state index contributed by atoms with van der Waals surface area (Å²) in [5, 5.41) is 12.7. The molecule has 1 fully saturated rings. The first-order chi connectivity index (χ1) is 13.4. The zero-order chi connectivity index (χ0) is 20.1. The maximum absolute atomic E-state index is 12.0. The van der Waals surface area contributed by atoms with E-state index in [0.717, 1.165) is 53.3 Å². The van der Waals surface area contributed by atoms with Crippen LogP contribution in [0.4, 0.5) is 0 Å². The summed E-state index contributed by atoms with van der Waals surface area (Å²) >= 11 is 6.04. The van der Waals surface area contributed by atoms with E-state index in [4.69, 9.17) is 16.3 Å². The van der Waals surface area contributed by atoms with E-state index < -0.39 is 5.60 Å². The van der Waals surface area contributed by atoms with Gasteiger partial charge in [-0.25, -0.2) is 0 Å². The molecule has 2 aromatic carbocycles. The van der Waals surface area contributed by atoms with E-state index in [1.165, 1.54) is 0 Å². The molecule has 4 heteroatoms. The SMILES string of the molecule is COc1cccc(CC2(O)/C(=C/c3ccc(Cl)cc3)CCCC2CN(C)C)c1. The molecule has 1 N–H and O–H groups in total. The summed E-state index contributed by atoms with van der Waals surface area (Å²) in [4.78, 5) is 2.17. The van der Waals surface area contributed by atoms with E-state index >= 15 is 0 Å². The van der Waals surface area contributed by atoms with Crippen LogP contribution in [-0.2, 0) is 6.42 Å². The van der Waals surface area contributed by atoms with Gasteiger partial charge < -0.3 is 14.7 Å². The Morgan fingerprint density at radius 1 is 1.21 bits per heavy atom. The van der Waals surface area contributed by atoms with Crippen molar-refractivity contribution in [3.63, 3.8) is 0 Å². The van der Waals surface area contributed by atoms with Gasteiger partial charge in [0.2, 0.25) is 0 Å². The molecule has 0 amide bonds. The van der Waals surface area contributed by atoms with E-state index in [0.29, 0.717) is 6.42 Å². The summed E-state index contributed by atoms with van der Waals surface area (Å²) in [6.07, 6.45) is 5.77. The summed E-state index contributed by atoms with van der Waals surface area (Å²) in [5.41, 5.74) is 2.40. The highest BCUT2D eigenvalue weighted by Gasteiger charge is 2.42. The number of halogens is 1. The Hall–Kier alpha value is -1.81. The van der Waals surface area contributed by atoms with Crippen LogP contribution in [0.3, 0.4) is 0 Å². The van der Waals surface area contributed by atoms with Gasteiger partial charge in [0.25, 0.3) is 0 Å². The molecule has 1 aliphatic rings. The summed E-state index contributed by atoms with van der Waals surface area (Å²) < 4.78 is 5.39. The monoisotopic (exact) mass is 399 g/mol. The summed E-state index contributed by atoms with van der Waals surface area (Å²) in [6, 6.07) is 15.8. The number of ether oxygens (including phenoxy) is 1. The van der Waals surface area contributed by atoms with E-state index in [1.807, 2.05) is 42.5 Å². The Kier molecular flexibility index (Phi) is 6.82. The molecule has 0 bridgehead atoms. The van der Waals surface area contributed by atoms with Crippen LogP contribution in [0.1, 0.15) is 30.4 Å². The minimum absolute atomic E-state index is 0.181. The van der Waals surface area contributed by atoms with Crippen LogP contribution in [0.25, 0.3) is 6.08 Å². The third-order valence-electron chi connectivity index (χ3n) is 5.63. The van der Waals surface area contributed by atoms with Gasteiger partial charge in [0.1, 0.15) is 5.75 Å². The molecule has 28 heavy (non-hydrogen) atoms. The lowest BCUT2D eigenvalue weighted by molar-refractivity contribution is -0.0123. The standard InChI is InChI=1S/C24H30ClNO2/c1-26(2)17-21-8-5-7-20(14-18-10-12-22(25)13-11-18)24(21,27)16-19-6-4-9-23(15-19)28-3/h4,6,9-15,21,27H,5,7-8,16-17H2,1-3H3/b20-14+. The van der Waals surface area contributed by atoms with Crippen molar-refractivity contribution in [2.24, 2.45) is 5.92 Å². The van der Waals surface area contributed by atoms with Crippen LogP contribution in [0.2, 0.25) is 5.02 Å². The second-order valence-corrected chi connectivity index (χ2v) is 8.46. The predicted octanol–water partition coefficient (Wildman–Crippen LogP) is 5.07. The average Bonchev–Trinajstić information content (AvgIpc) is 2.67. The first-order valence-electron chi connectivity index (χ1n) is 9.87. The fraction of sp³-hybridized carbons (Fsp3) is 0.417. The number of aliphatic hydroxyl groups is 1. The Morgan fingerprint density at radius 2 is 1.96 bits per heavy atom. The quantitative estimate of drug-likeness (QED) is 0.736. The van der Waals surface area contributed by atoms with Gasteiger partial charge in [-0.3, -0.25) is 0 Å². The lowest BCUT2D eigenvalue weighted by Crippen LogP contribution is -2.48. The minimum Gasteiger partial charge on any atom is -0.497 e. The predicted molar refractivity (Wildman–Crippen MR) is 117 cm³/mol. The molecule has 0 saturated heterocycles. The van der Waals surface area contributed by atoms with Crippen LogP contribution in [0.5, 0.6) is 5.75 Å². The maximum Gasteiger partial charge on any atom is 0.119 e. The van der Waals surface area contributed by atoms with Gasteiger partial charge in [-0.1, -0.05) is 41.9 Å². The molecule has 150 valence electrons. The highest BCUT2D eigenvalue weighted by atomic mass is 35.5. The van der Waals surface area contributed by atoms with E-state index in [2.05, 4.69) is 31.1 Å². The molecule has 0 radical (unpaired) electrons. The van der Waals surface area contributed by atoms with Crippen LogP contribution in [0.15, 0.2) is 54.1 Å². The summed E-state index contributed by atoms with van der Waals surface area (Å²) in [5.74, 6) is 1.00. The van der Waals surface area contributed by atoms with Crippen molar-refractivity contribution in [3.8, 4) is 5.75 Å². The molecule has 1 aliphatic carbocycles. The molecule has 3 rings (SSSR count). The third-order valence-corrected chi connectivity index (χ3v) is 5.89. The minimum atomic E-state index is -0.880. The highest BCUT2D eigenvalue weighted by Crippen LogP contribution is 2.42. The van der Waals surface area contributed by atoms with E-state index in [-0.39, 0.29) is 5.92 Å². The molecule has 0 aliphatic heterocycles. The van der Waals surface area contributed by atoms with Crippen molar-refractivity contribution in [2.75, 3.05) is 27.7 Å². The molecule has 0 aromatic heterocycles. The Labute approximate surface area is 173 Å².